The third-order valence-electron chi connectivity index (χ3n) is 10.7. The first-order valence-electron chi connectivity index (χ1n) is 18.8. The molecule has 1 heteroatoms. The van der Waals surface area contributed by atoms with Crippen LogP contribution in [0.15, 0.2) is 219 Å². The maximum absolute atomic E-state index is 4.60. The number of rotatable bonds is 11. The van der Waals surface area contributed by atoms with E-state index in [1.54, 1.807) is 0 Å². The van der Waals surface area contributed by atoms with Gasteiger partial charge in [-0.25, -0.2) is 0 Å². The van der Waals surface area contributed by atoms with E-state index >= 15 is 0 Å². The molecule has 0 radical (unpaired) electrons. The van der Waals surface area contributed by atoms with Gasteiger partial charge in [0.2, 0.25) is 0 Å². The van der Waals surface area contributed by atoms with E-state index in [0.717, 1.165) is 34.6 Å². The summed E-state index contributed by atoms with van der Waals surface area (Å²) < 4.78 is 0. The van der Waals surface area contributed by atoms with Crippen molar-refractivity contribution in [3.05, 3.63) is 241 Å². The van der Waals surface area contributed by atoms with Gasteiger partial charge in [-0.1, -0.05) is 177 Å². The average molecular weight is 698 g/mol. The van der Waals surface area contributed by atoms with Gasteiger partial charge in [-0.05, 0) is 119 Å². The smallest absolute Gasteiger partial charge is 0.0461 e. The molecule has 6 aromatic rings. The molecule has 1 atom stereocenters. The summed E-state index contributed by atoms with van der Waals surface area (Å²) in [4.78, 5) is 2.25. The molecule has 6 aromatic carbocycles. The third kappa shape index (κ3) is 7.01. The zero-order valence-corrected chi connectivity index (χ0v) is 31.5. The Hall–Kier alpha value is -6.44. The van der Waals surface area contributed by atoms with Crippen LogP contribution in [0.2, 0.25) is 0 Å². The Bertz CT molecular complexity index is 2390. The Kier molecular flexibility index (Phi) is 10.7. The summed E-state index contributed by atoms with van der Waals surface area (Å²) in [5.41, 5.74) is 16.0. The van der Waals surface area contributed by atoms with Gasteiger partial charge in [0.25, 0.3) is 0 Å². The molecule has 1 aliphatic rings. The molecule has 0 aliphatic heterocycles. The predicted molar refractivity (Wildman–Crippen MR) is 234 cm³/mol. The fraction of sp³-hybridized carbons (Fsp3) is 0.0943. The fourth-order valence-corrected chi connectivity index (χ4v) is 7.85. The van der Waals surface area contributed by atoms with E-state index < -0.39 is 0 Å². The van der Waals surface area contributed by atoms with Crippen LogP contribution in [0.4, 0.5) is 11.4 Å². The van der Waals surface area contributed by atoms with Crippen LogP contribution in [0.25, 0.3) is 33.4 Å². The molecular formula is C53H47N. The van der Waals surface area contributed by atoms with Crippen LogP contribution in [0.5, 0.6) is 0 Å². The van der Waals surface area contributed by atoms with Crippen LogP contribution in [0.1, 0.15) is 49.4 Å². The number of hydrogen-bond acceptors (Lipinski definition) is 1. The molecule has 0 heterocycles. The highest BCUT2D eigenvalue weighted by molar-refractivity contribution is 5.92. The van der Waals surface area contributed by atoms with Crippen molar-refractivity contribution in [1.82, 2.24) is 0 Å². The Balaban J connectivity index is 1.26. The minimum Gasteiger partial charge on any atom is -0.311 e. The number of hydrogen-bond donors (Lipinski definition) is 0. The van der Waals surface area contributed by atoms with Crippen LogP contribution in [0.3, 0.4) is 0 Å². The molecule has 1 nitrogen and oxygen atoms in total. The van der Waals surface area contributed by atoms with Gasteiger partial charge in [0.05, 0.1) is 0 Å². The van der Waals surface area contributed by atoms with E-state index in [-0.39, 0.29) is 5.41 Å². The Morgan fingerprint density at radius 1 is 0.611 bits per heavy atom. The van der Waals surface area contributed by atoms with Gasteiger partial charge in [0.15, 0.2) is 0 Å². The van der Waals surface area contributed by atoms with E-state index in [4.69, 9.17) is 0 Å². The van der Waals surface area contributed by atoms with Crippen LogP contribution in [0, 0.1) is 0 Å². The molecule has 7 rings (SSSR count). The second kappa shape index (κ2) is 16.1. The highest BCUT2D eigenvalue weighted by Crippen LogP contribution is 2.54. The van der Waals surface area contributed by atoms with Crippen LogP contribution in [-0.2, 0) is 5.41 Å². The summed E-state index contributed by atoms with van der Waals surface area (Å²) in [7, 11) is 0. The number of allylic oxidation sites excluding steroid dienone is 9. The Morgan fingerprint density at radius 3 is 1.74 bits per heavy atom. The average Bonchev–Trinajstić information content (AvgIpc) is 3.45. The van der Waals surface area contributed by atoms with Gasteiger partial charge >= 0.3 is 0 Å². The monoisotopic (exact) mass is 697 g/mol. The molecule has 0 N–H and O–H groups in total. The standard InChI is InChI=1S/C53H47N/c1-6-8-28-50-40(4)48-26-15-17-29-51(48)53(50,5)52-30-18-16-27-49(52)45-33-37-47(38-34-45)54(46-35-31-44(32-36-46)43-23-13-10-14-24-43)39(3)20-19-25-41(7-2)42-21-11-9-12-22-42/h6-24,26-38H,3-4,25H2,1-2,5H3/b8-6-,20-19?,41-7+,50-28+. The number of fused-ring (bicyclic) bond motifs is 1. The second-order valence-electron chi connectivity index (χ2n) is 13.9. The molecule has 0 bridgehead atoms. The van der Waals surface area contributed by atoms with Crippen LogP contribution < -0.4 is 4.90 Å². The molecule has 0 amide bonds. The third-order valence-corrected chi connectivity index (χ3v) is 10.7. The first kappa shape index (κ1) is 35.9. The van der Waals surface area contributed by atoms with Crippen molar-refractivity contribution < 1.29 is 0 Å². The normalized spacial score (nSPS) is 16.3. The van der Waals surface area contributed by atoms with Gasteiger partial charge in [-0.2, -0.15) is 0 Å². The number of benzene rings is 6. The van der Waals surface area contributed by atoms with Crippen LogP contribution >= 0.6 is 0 Å². The molecule has 0 saturated heterocycles. The van der Waals surface area contributed by atoms with E-state index in [0.29, 0.717) is 0 Å². The van der Waals surface area contributed by atoms with E-state index in [9.17, 15) is 0 Å². The maximum Gasteiger partial charge on any atom is 0.0461 e. The molecule has 0 fully saturated rings. The second-order valence-corrected chi connectivity index (χ2v) is 13.9. The minimum atomic E-state index is -0.362. The Labute approximate surface area is 322 Å². The van der Waals surface area contributed by atoms with Crippen molar-refractivity contribution >= 4 is 22.5 Å². The van der Waals surface area contributed by atoms with Crippen molar-refractivity contribution in [3.8, 4) is 22.3 Å². The topological polar surface area (TPSA) is 3.24 Å². The van der Waals surface area contributed by atoms with E-state index in [1.165, 1.54) is 50.1 Å². The zero-order chi connectivity index (χ0) is 37.5. The molecule has 54 heavy (non-hydrogen) atoms. The number of anilines is 2. The molecule has 1 aliphatic carbocycles. The van der Waals surface area contributed by atoms with Crippen molar-refractivity contribution in [1.29, 1.82) is 0 Å². The number of nitrogens with zero attached hydrogens (tertiary/aromatic N) is 1. The van der Waals surface area contributed by atoms with E-state index in [1.807, 2.05) is 0 Å². The lowest BCUT2D eigenvalue weighted by Gasteiger charge is -2.31. The summed E-state index contributed by atoms with van der Waals surface area (Å²) in [5, 5.41) is 0. The lowest BCUT2D eigenvalue weighted by atomic mass is 9.71. The van der Waals surface area contributed by atoms with Crippen molar-refractivity contribution in [2.75, 3.05) is 4.90 Å². The predicted octanol–water partition coefficient (Wildman–Crippen LogP) is 14.6. The summed E-state index contributed by atoms with van der Waals surface area (Å²) >= 11 is 0. The van der Waals surface area contributed by atoms with Gasteiger partial charge < -0.3 is 4.90 Å². The summed E-state index contributed by atoms with van der Waals surface area (Å²) in [6, 6.07) is 56.3. The molecular weight excluding hydrogens is 651 g/mol. The SMILES string of the molecule is C=C1/C(=C\C=C/C)C(C)(c2ccccc2-c2ccc(N(C(=C)C=CC/C(=C\C)c3ccccc3)c3ccc(-c4ccccc4)cc3)cc2)c2ccccc21. The van der Waals surface area contributed by atoms with Crippen molar-refractivity contribution in [2.24, 2.45) is 0 Å². The van der Waals surface area contributed by atoms with Crippen LogP contribution in [-0.4, -0.2) is 0 Å². The van der Waals surface area contributed by atoms with Gasteiger partial charge in [0.1, 0.15) is 0 Å². The van der Waals surface area contributed by atoms with E-state index in [2.05, 4.69) is 233 Å². The molecule has 0 saturated carbocycles. The lowest BCUT2D eigenvalue weighted by molar-refractivity contribution is 0.716. The zero-order valence-electron chi connectivity index (χ0n) is 31.5. The molecule has 0 aromatic heterocycles. The van der Waals surface area contributed by atoms with Gasteiger partial charge in [-0.3, -0.25) is 0 Å². The summed E-state index contributed by atoms with van der Waals surface area (Å²) in [6.07, 6.45) is 13.8. The van der Waals surface area contributed by atoms with Gasteiger partial charge in [0, 0.05) is 22.5 Å². The minimum absolute atomic E-state index is 0.362. The highest BCUT2D eigenvalue weighted by Gasteiger charge is 2.43. The van der Waals surface area contributed by atoms with Crippen molar-refractivity contribution in [3.63, 3.8) is 0 Å². The van der Waals surface area contributed by atoms with Crippen molar-refractivity contribution in [2.45, 2.75) is 32.6 Å². The quantitative estimate of drug-likeness (QED) is 0.122. The first-order valence-corrected chi connectivity index (χ1v) is 18.8. The summed E-state index contributed by atoms with van der Waals surface area (Å²) in [5.74, 6) is 0. The maximum atomic E-state index is 4.60. The summed E-state index contributed by atoms with van der Waals surface area (Å²) in [6.45, 7) is 15.7. The highest BCUT2D eigenvalue weighted by atomic mass is 15.1. The fourth-order valence-electron chi connectivity index (χ4n) is 7.85. The Morgan fingerprint density at radius 2 is 1.13 bits per heavy atom. The molecule has 1 unspecified atom stereocenters. The van der Waals surface area contributed by atoms with Gasteiger partial charge in [-0.15, -0.1) is 0 Å². The molecule has 0 spiro atoms. The molecule has 264 valence electrons. The first-order chi connectivity index (χ1) is 26.4. The largest absolute Gasteiger partial charge is 0.311 e. The lowest BCUT2D eigenvalue weighted by Crippen LogP contribution is -2.23.